The molecule has 1 aromatic rings. The van der Waals surface area contributed by atoms with Crippen LogP contribution < -0.4 is 5.32 Å². The largest absolute Gasteiger partial charge is 0.381 e. The highest BCUT2D eigenvalue weighted by Crippen LogP contribution is 2.33. The Morgan fingerprint density at radius 3 is 2.78 bits per heavy atom. The van der Waals surface area contributed by atoms with Crippen LogP contribution in [0.5, 0.6) is 0 Å². The minimum Gasteiger partial charge on any atom is -0.381 e. The first-order valence-electron chi connectivity index (χ1n) is 7.09. The third-order valence-corrected chi connectivity index (χ3v) is 4.83. The van der Waals surface area contributed by atoms with Crippen molar-refractivity contribution in [3.05, 3.63) is 28.2 Å². The second-order valence-corrected chi connectivity index (χ2v) is 6.85. The predicted molar refractivity (Wildman–Crippen MR) is 83.1 cm³/mol. The van der Waals surface area contributed by atoms with E-state index in [4.69, 9.17) is 0 Å². The van der Waals surface area contributed by atoms with Crippen LogP contribution in [0, 0.1) is 18.8 Å². The molecule has 0 heterocycles. The van der Waals surface area contributed by atoms with Gasteiger partial charge in [-0.3, -0.25) is 0 Å². The Hall–Kier alpha value is -0.500. The molecule has 0 bridgehead atoms. The standard InChI is InChI=1S/C16H24BrN/c1-11(2)13-5-4-6-14(10-13)18-16-9-12(3)7-8-15(16)17/h7-9,11,13-14,18H,4-6,10H2,1-3H3. The summed E-state index contributed by atoms with van der Waals surface area (Å²) in [4.78, 5) is 0. The van der Waals surface area contributed by atoms with Gasteiger partial charge < -0.3 is 5.32 Å². The van der Waals surface area contributed by atoms with Crippen LogP contribution >= 0.6 is 15.9 Å². The molecule has 1 aliphatic carbocycles. The van der Waals surface area contributed by atoms with Crippen molar-refractivity contribution in [3.8, 4) is 0 Å². The van der Waals surface area contributed by atoms with E-state index in [1.807, 2.05) is 0 Å². The van der Waals surface area contributed by atoms with E-state index in [1.54, 1.807) is 0 Å². The van der Waals surface area contributed by atoms with E-state index in [0.29, 0.717) is 6.04 Å². The highest BCUT2D eigenvalue weighted by atomic mass is 79.9. The van der Waals surface area contributed by atoms with Crippen molar-refractivity contribution in [3.63, 3.8) is 0 Å². The van der Waals surface area contributed by atoms with Crippen molar-refractivity contribution in [2.24, 2.45) is 11.8 Å². The molecule has 0 saturated heterocycles. The second kappa shape index (κ2) is 6.10. The topological polar surface area (TPSA) is 12.0 Å². The van der Waals surface area contributed by atoms with Crippen molar-refractivity contribution in [1.29, 1.82) is 0 Å². The van der Waals surface area contributed by atoms with Crippen LogP contribution in [0.3, 0.4) is 0 Å². The normalized spacial score (nSPS) is 24.3. The van der Waals surface area contributed by atoms with E-state index in [2.05, 4.69) is 60.2 Å². The SMILES string of the molecule is Cc1ccc(Br)c(NC2CCCC(C(C)C)C2)c1. The zero-order valence-corrected chi connectivity index (χ0v) is 13.3. The number of hydrogen-bond acceptors (Lipinski definition) is 1. The average molecular weight is 310 g/mol. The summed E-state index contributed by atoms with van der Waals surface area (Å²) in [5, 5.41) is 3.73. The summed E-state index contributed by atoms with van der Waals surface area (Å²) in [5.41, 5.74) is 2.57. The lowest BCUT2D eigenvalue weighted by molar-refractivity contribution is 0.264. The van der Waals surface area contributed by atoms with Gasteiger partial charge in [-0.15, -0.1) is 0 Å². The van der Waals surface area contributed by atoms with Crippen molar-refractivity contribution >= 4 is 21.6 Å². The molecule has 1 fully saturated rings. The van der Waals surface area contributed by atoms with Crippen LogP contribution in [0.15, 0.2) is 22.7 Å². The maximum Gasteiger partial charge on any atom is 0.0489 e. The Labute approximate surface area is 119 Å². The zero-order valence-electron chi connectivity index (χ0n) is 11.7. The number of anilines is 1. The second-order valence-electron chi connectivity index (χ2n) is 6.00. The molecular weight excluding hydrogens is 286 g/mol. The molecule has 100 valence electrons. The fourth-order valence-electron chi connectivity index (χ4n) is 2.93. The average Bonchev–Trinajstić information content (AvgIpc) is 2.34. The van der Waals surface area contributed by atoms with Gasteiger partial charge in [0.25, 0.3) is 0 Å². The van der Waals surface area contributed by atoms with Gasteiger partial charge in [-0.1, -0.05) is 32.8 Å². The lowest BCUT2D eigenvalue weighted by Crippen LogP contribution is -2.29. The Kier molecular flexibility index (Phi) is 4.71. The molecule has 0 radical (unpaired) electrons. The Morgan fingerprint density at radius 1 is 1.28 bits per heavy atom. The molecule has 18 heavy (non-hydrogen) atoms. The van der Waals surface area contributed by atoms with Gasteiger partial charge in [-0.2, -0.15) is 0 Å². The molecule has 0 aliphatic heterocycles. The fraction of sp³-hybridized carbons (Fsp3) is 0.625. The number of aryl methyl sites for hydroxylation is 1. The van der Waals surface area contributed by atoms with Crippen LogP contribution in [0.4, 0.5) is 5.69 Å². The number of hydrogen-bond donors (Lipinski definition) is 1. The monoisotopic (exact) mass is 309 g/mol. The van der Waals surface area contributed by atoms with E-state index in [0.717, 1.165) is 11.8 Å². The molecule has 1 aliphatic rings. The molecule has 2 atom stereocenters. The molecule has 0 spiro atoms. The summed E-state index contributed by atoms with van der Waals surface area (Å²) >= 11 is 3.64. The highest BCUT2D eigenvalue weighted by Gasteiger charge is 2.24. The van der Waals surface area contributed by atoms with Crippen LogP contribution in [0.1, 0.15) is 45.1 Å². The van der Waals surface area contributed by atoms with E-state index in [-0.39, 0.29) is 0 Å². The third-order valence-electron chi connectivity index (χ3n) is 4.14. The zero-order chi connectivity index (χ0) is 13.1. The van der Waals surface area contributed by atoms with Gasteiger partial charge in [0, 0.05) is 16.2 Å². The fourth-order valence-corrected chi connectivity index (χ4v) is 3.29. The summed E-state index contributed by atoms with van der Waals surface area (Å²) in [7, 11) is 0. The minimum absolute atomic E-state index is 0.643. The van der Waals surface area contributed by atoms with Crippen LogP contribution in [-0.4, -0.2) is 6.04 Å². The maximum atomic E-state index is 3.73. The van der Waals surface area contributed by atoms with Crippen molar-refractivity contribution in [1.82, 2.24) is 0 Å². The molecule has 0 amide bonds. The first-order valence-corrected chi connectivity index (χ1v) is 7.88. The summed E-state index contributed by atoms with van der Waals surface area (Å²) in [5.74, 6) is 1.70. The first-order chi connectivity index (χ1) is 8.56. The number of halogens is 1. The summed E-state index contributed by atoms with van der Waals surface area (Å²) in [6.45, 7) is 6.86. The Morgan fingerprint density at radius 2 is 2.06 bits per heavy atom. The molecule has 1 nitrogen and oxygen atoms in total. The predicted octanol–water partition coefficient (Wildman–Crippen LogP) is 5.38. The summed E-state index contributed by atoms with van der Waals surface area (Å²) in [6, 6.07) is 7.17. The minimum atomic E-state index is 0.643. The highest BCUT2D eigenvalue weighted by molar-refractivity contribution is 9.10. The van der Waals surface area contributed by atoms with Gasteiger partial charge in [0.15, 0.2) is 0 Å². The maximum absolute atomic E-state index is 3.73. The molecule has 1 aromatic carbocycles. The lowest BCUT2D eigenvalue weighted by atomic mass is 9.79. The van der Waals surface area contributed by atoms with Gasteiger partial charge in [0.1, 0.15) is 0 Å². The van der Waals surface area contributed by atoms with Gasteiger partial charge in [-0.25, -0.2) is 0 Å². The molecule has 1 N–H and O–H groups in total. The van der Waals surface area contributed by atoms with Crippen LogP contribution in [0.25, 0.3) is 0 Å². The molecule has 2 heteroatoms. The van der Waals surface area contributed by atoms with E-state index < -0.39 is 0 Å². The molecule has 2 rings (SSSR count). The lowest BCUT2D eigenvalue weighted by Gasteiger charge is -2.33. The first kappa shape index (κ1) is 13.9. The summed E-state index contributed by atoms with van der Waals surface area (Å²) in [6.07, 6.45) is 5.40. The van der Waals surface area contributed by atoms with E-state index in [1.165, 1.54) is 41.4 Å². The number of benzene rings is 1. The number of rotatable bonds is 3. The van der Waals surface area contributed by atoms with Crippen molar-refractivity contribution in [2.45, 2.75) is 52.5 Å². The number of nitrogens with one attached hydrogen (secondary N) is 1. The van der Waals surface area contributed by atoms with Crippen molar-refractivity contribution < 1.29 is 0 Å². The molecule has 1 saturated carbocycles. The van der Waals surface area contributed by atoms with Gasteiger partial charge in [0.2, 0.25) is 0 Å². The van der Waals surface area contributed by atoms with E-state index >= 15 is 0 Å². The Balaban J connectivity index is 2.02. The molecule has 2 unspecified atom stereocenters. The Bertz CT molecular complexity index is 400. The van der Waals surface area contributed by atoms with Crippen LogP contribution in [-0.2, 0) is 0 Å². The van der Waals surface area contributed by atoms with E-state index in [9.17, 15) is 0 Å². The van der Waals surface area contributed by atoms with Gasteiger partial charge in [-0.05, 0) is 65.2 Å². The smallest absolute Gasteiger partial charge is 0.0489 e. The van der Waals surface area contributed by atoms with Crippen LogP contribution in [0.2, 0.25) is 0 Å². The molecule has 0 aromatic heterocycles. The third kappa shape index (κ3) is 3.50. The molecular formula is C16H24BrN. The van der Waals surface area contributed by atoms with Gasteiger partial charge >= 0.3 is 0 Å². The van der Waals surface area contributed by atoms with Crippen molar-refractivity contribution in [2.75, 3.05) is 5.32 Å². The van der Waals surface area contributed by atoms with Gasteiger partial charge in [0.05, 0.1) is 0 Å². The summed E-state index contributed by atoms with van der Waals surface area (Å²) < 4.78 is 1.18. The quantitative estimate of drug-likeness (QED) is 0.790.